The van der Waals surface area contributed by atoms with Gasteiger partial charge >= 0.3 is 0 Å². The summed E-state index contributed by atoms with van der Waals surface area (Å²) in [5, 5.41) is 10.9. The van der Waals surface area contributed by atoms with E-state index in [9.17, 15) is 4.79 Å². The summed E-state index contributed by atoms with van der Waals surface area (Å²) in [6.07, 6.45) is 3.62. The lowest BCUT2D eigenvalue weighted by Gasteiger charge is -2.09. The summed E-state index contributed by atoms with van der Waals surface area (Å²) >= 11 is 1.36. The Bertz CT molecular complexity index is 741. The monoisotopic (exact) mass is 329 g/mol. The van der Waals surface area contributed by atoms with E-state index in [1.54, 1.807) is 25.5 Å². The minimum atomic E-state index is -0.246. The predicted molar refractivity (Wildman–Crippen MR) is 90.0 cm³/mol. The van der Waals surface area contributed by atoms with Gasteiger partial charge in [-0.1, -0.05) is 30.0 Å². The molecule has 6 nitrogen and oxygen atoms in total. The lowest BCUT2D eigenvalue weighted by molar-refractivity contribution is -0.118. The second kappa shape index (κ2) is 7.15. The van der Waals surface area contributed by atoms with E-state index in [0.29, 0.717) is 17.3 Å². The van der Waals surface area contributed by atoms with Crippen LogP contribution in [-0.2, 0) is 11.2 Å². The predicted octanol–water partition coefficient (Wildman–Crippen LogP) is 2.45. The molecule has 0 aliphatic carbocycles. The molecule has 0 radical (unpaired) electrons. The smallest absolute Gasteiger partial charge is 0.239 e. The first-order valence-corrected chi connectivity index (χ1v) is 7.88. The molecule has 0 spiro atoms. The van der Waals surface area contributed by atoms with Crippen LogP contribution in [0.25, 0.3) is 0 Å². The molecule has 1 fully saturated rings. The van der Waals surface area contributed by atoms with Crippen LogP contribution in [0.2, 0.25) is 0 Å². The van der Waals surface area contributed by atoms with Crippen LogP contribution in [0, 0.1) is 0 Å². The summed E-state index contributed by atoms with van der Waals surface area (Å²) in [4.78, 5) is 12.1. The highest BCUT2D eigenvalue weighted by atomic mass is 32.2. The Morgan fingerprint density at radius 3 is 3.00 bits per heavy atom. The van der Waals surface area contributed by atoms with Crippen LogP contribution in [0.4, 0.5) is 0 Å². The number of amides is 1. The van der Waals surface area contributed by atoms with E-state index in [0.717, 1.165) is 11.3 Å². The van der Waals surface area contributed by atoms with Gasteiger partial charge in [0.2, 0.25) is 5.91 Å². The van der Waals surface area contributed by atoms with Gasteiger partial charge in [-0.25, -0.2) is 0 Å². The van der Waals surface area contributed by atoms with E-state index < -0.39 is 0 Å². The molecule has 0 unspecified atom stereocenters. The average Bonchev–Trinajstić information content (AvgIpc) is 3.19. The molecule has 0 bridgehead atoms. The van der Waals surface area contributed by atoms with Crippen LogP contribution >= 0.6 is 11.8 Å². The van der Waals surface area contributed by atoms with Crippen molar-refractivity contribution in [1.29, 1.82) is 0 Å². The molecule has 1 aliphatic heterocycles. The van der Waals surface area contributed by atoms with Crippen molar-refractivity contribution in [2.75, 3.05) is 7.11 Å². The Balaban J connectivity index is 1.65. The number of benzene rings is 1. The second-order valence-electron chi connectivity index (χ2n) is 4.78. The summed E-state index contributed by atoms with van der Waals surface area (Å²) in [6, 6.07) is 11.2. The van der Waals surface area contributed by atoms with Crippen molar-refractivity contribution in [3.8, 4) is 5.75 Å². The molecule has 1 aromatic carbocycles. The summed E-state index contributed by atoms with van der Waals surface area (Å²) < 4.78 is 10.4. The van der Waals surface area contributed by atoms with E-state index in [4.69, 9.17) is 9.15 Å². The third kappa shape index (κ3) is 3.81. The zero-order valence-corrected chi connectivity index (χ0v) is 13.2. The number of para-hydroxylation sites is 1. The molecule has 1 amide bonds. The summed E-state index contributed by atoms with van der Waals surface area (Å²) in [7, 11) is 1.62. The molecular weight excluding hydrogens is 314 g/mol. The second-order valence-corrected chi connectivity index (χ2v) is 5.97. The summed E-state index contributed by atoms with van der Waals surface area (Å²) in [6.45, 7) is 0. The standard InChI is InChI=1S/C16H15N3O3S/c1-21-13-7-3-2-5-11(13)9-14-15(20)18-16(23-14)19-17-10-12-6-4-8-22-12/h2-8,10,14H,9H2,1H3,(H,18,19,20)/b17-10-/t14-/m1/s1. The maximum atomic E-state index is 12.1. The van der Waals surface area contributed by atoms with Crippen LogP contribution in [-0.4, -0.2) is 29.6 Å². The van der Waals surface area contributed by atoms with Crippen molar-refractivity contribution < 1.29 is 13.9 Å². The number of hydrogen-bond donors (Lipinski definition) is 1. The molecule has 118 valence electrons. The number of methoxy groups -OCH3 is 1. The molecule has 1 saturated heterocycles. The SMILES string of the molecule is COc1ccccc1C[C@H]1S/C(=N/N=C\c2ccco2)NC1=O. The highest BCUT2D eigenvalue weighted by Crippen LogP contribution is 2.27. The average molecular weight is 329 g/mol. The normalized spacial score (nSPS) is 19.4. The van der Waals surface area contributed by atoms with Crippen molar-refractivity contribution in [1.82, 2.24) is 5.32 Å². The third-order valence-electron chi connectivity index (χ3n) is 3.25. The minimum Gasteiger partial charge on any atom is -0.496 e. The van der Waals surface area contributed by atoms with Crippen molar-refractivity contribution in [2.45, 2.75) is 11.7 Å². The van der Waals surface area contributed by atoms with Gasteiger partial charge in [0.15, 0.2) is 5.17 Å². The Kier molecular flexibility index (Phi) is 4.77. The van der Waals surface area contributed by atoms with Crippen LogP contribution < -0.4 is 10.1 Å². The fraction of sp³-hybridized carbons (Fsp3) is 0.188. The number of hydrogen-bond acceptors (Lipinski definition) is 6. The lowest BCUT2D eigenvalue weighted by Crippen LogP contribution is -2.26. The number of amidine groups is 1. The molecule has 2 aromatic rings. The molecule has 0 saturated carbocycles. The van der Waals surface area contributed by atoms with Gasteiger partial charge in [0.25, 0.3) is 0 Å². The third-order valence-corrected chi connectivity index (χ3v) is 4.32. The van der Waals surface area contributed by atoms with Gasteiger partial charge in [0, 0.05) is 0 Å². The molecule has 1 N–H and O–H groups in total. The fourth-order valence-corrected chi connectivity index (χ4v) is 3.11. The van der Waals surface area contributed by atoms with Gasteiger partial charge in [0.1, 0.15) is 11.5 Å². The van der Waals surface area contributed by atoms with E-state index in [2.05, 4.69) is 15.5 Å². The zero-order chi connectivity index (χ0) is 16.1. The van der Waals surface area contributed by atoms with Gasteiger partial charge in [0.05, 0.1) is 24.8 Å². The van der Waals surface area contributed by atoms with Crippen molar-refractivity contribution >= 4 is 29.1 Å². The quantitative estimate of drug-likeness (QED) is 0.675. The first-order valence-electron chi connectivity index (χ1n) is 7.00. The number of nitrogens with zero attached hydrogens (tertiary/aromatic N) is 2. The number of carbonyl (C=O) groups is 1. The van der Waals surface area contributed by atoms with Crippen molar-refractivity contribution in [3.63, 3.8) is 0 Å². The van der Waals surface area contributed by atoms with Gasteiger partial charge in [-0.05, 0) is 30.2 Å². The maximum Gasteiger partial charge on any atom is 0.239 e. The first kappa shape index (κ1) is 15.4. The Morgan fingerprint density at radius 2 is 2.22 bits per heavy atom. The summed E-state index contributed by atoms with van der Waals surface area (Å²) in [5.41, 5.74) is 0.989. The molecule has 1 atom stereocenters. The molecular formula is C16H15N3O3S. The fourth-order valence-electron chi connectivity index (χ4n) is 2.16. The lowest BCUT2D eigenvalue weighted by atomic mass is 10.1. The van der Waals surface area contributed by atoms with E-state index in [1.807, 2.05) is 24.3 Å². The largest absolute Gasteiger partial charge is 0.496 e. The molecule has 1 aromatic heterocycles. The molecule has 23 heavy (non-hydrogen) atoms. The first-order chi connectivity index (χ1) is 11.3. The van der Waals surface area contributed by atoms with Gasteiger partial charge in [-0.3, -0.25) is 4.79 Å². The maximum absolute atomic E-state index is 12.1. The van der Waals surface area contributed by atoms with Gasteiger partial charge in [-0.15, -0.1) is 5.10 Å². The van der Waals surface area contributed by atoms with Crippen LogP contribution in [0.1, 0.15) is 11.3 Å². The number of nitrogens with one attached hydrogen (secondary N) is 1. The van der Waals surface area contributed by atoms with Crippen molar-refractivity contribution in [2.24, 2.45) is 10.2 Å². The number of furan rings is 1. The molecule has 2 heterocycles. The minimum absolute atomic E-state index is 0.0761. The van der Waals surface area contributed by atoms with E-state index in [-0.39, 0.29) is 11.2 Å². The zero-order valence-electron chi connectivity index (χ0n) is 12.4. The highest BCUT2D eigenvalue weighted by Gasteiger charge is 2.31. The Hall–Kier alpha value is -2.54. The highest BCUT2D eigenvalue weighted by molar-refractivity contribution is 8.15. The topological polar surface area (TPSA) is 76.2 Å². The van der Waals surface area contributed by atoms with Gasteiger partial charge in [-0.2, -0.15) is 5.10 Å². The van der Waals surface area contributed by atoms with Crippen LogP contribution in [0.15, 0.2) is 57.3 Å². The van der Waals surface area contributed by atoms with E-state index in [1.165, 1.54) is 18.0 Å². The van der Waals surface area contributed by atoms with Crippen molar-refractivity contribution in [3.05, 3.63) is 54.0 Å². The van der Waals surface area contributed by atoms with Crippen LogP contribution in [0.5, 0.6) is 5.75 Å². The Labute approximate surface area is 137 Å². The number of ether oxygens (including phenoxy) is 1. The molecule has 1 aliphatic rings. The number of rotatable bonds is 5. The van der Waals surface area contributed by atoms with E-state index >= 15 is 0 Å². The van der Waals surface area contributed by atoms with Crippen LogP contribution in [0.3, 0.4) is 0 Å². The number of carbonyl (C=O) groups excluding carboxylic acids is 1. The van der Waals surface area contributed by atoms with Gasteiger partial charge < -0.3 is 14.5 Å². The molecule has 7 heteroatoms. The number of thioether (sulfide) groups is 1. The molecule has 3 rings (SSSR count). The summed E-state index contributed by atoms with van der Waals surface area (Å²) in [5.74, 6) is 1.31. The Morgan fingerprint density at radius 1 is 1.35 bits per heavy atom.